The molecule has 1 rings (SSSR count). The van der Waals surface area contributed by atoms with Gasteiger partial charge in [-0.05, 0) is 31.9 Å². The first-order valence-corrected chi connectivity index (χ1v) is 5.65. The molecule has 1 aromatic carbocycles. The number of benzene rings is 1. The molecule has 0 saturated carbocycles. The highest BCUT2D eigenvalue weighted by Crippen LogP contribution is 2.10. The Morgan fingerprint density at radius 1 is 1.44 bits per heavy atom. The second kappa shape index (κ2) is 5.66. The lowest BCUT2D eigenvalue weighted by molar-refractivity contribution is 0.0950. The van der Waals surface area contributed by atoms with Gasteiger partial charge in [0, 0.05) is 18.2 Å². The van der Waals surface area contributed by atoms with Gasteiger partial charge in [0.25, 0.3) is 5.91 Å². The predicted molar refractivity (Wildman–Crippen MR) is 66.5 cm³/mol. The first kappa shape index (κ1) is 12.7. The molecule has 0 aliphatic rings. The summed E-state index contributed by atoms with van der Waals surface area (Å²) >= 11 is 0. The maximum atomic E-state index is 11.9. The average Bonchev–Trinajstić information content (AvgIpc) is 2.28. The van der Waals surface area contributed by atoms with Gasteiger partial charge in [0.1, 0.15) is 0 Å². The highest BCUT2D eigenvalue weighted by atomic mass is 16.1. The molecular formula is C13H20N2O. The Bertz CT molecular complexity index is 374. The highest BCUT2D eigenvalue weighted by Gasteiger charge is 2.09. The van der Waals surface area contributed by atoms with E-state index in [2.05, 4.69) is 5.32 Å². The molecule has 3 N–H and O–H groups in total. The summed E-state index contributed by atoms with van der Waals surface area (Å²) in [6.45, 7) is 6.46. The topological polar surface area (TPSA) is 55.1 Å². The molecule has 88 valence electrons. The third-order valence-corrected chi connectivity index (χ3v) is 2.69. The Labute approximate surface area is 97.0 Å². The summed E-state index contributed by atoms with van der Waals surface area (Å²) in [4.78, 5) is 11.9. The first-order chi connectivity index (χ1) is 7.54. The summed E-state index contributed by atoms with van der Waals surface area (Å²) in [6, 6.07) is 5.91. The van der Waals surface area contributed by atoms with Crippen molar-refractivity contribution in [3.05, 3.63) is 34.9 Å². The summed E-state index contributed by atoms with van der Waals surface area (Å²) < 4.78 is 0. The predicted octanol–water partition coefficient (Wildman–Crippen LogP) is 1.77. The van der Waals surface area contributed by atoms with Crippen molar-refractivity contribution in [3.8, 4) is 0 Å². The van der Waals surface area contributed by atoms with Gasteiger partial charge in [-0.15, -0.1) is 0 Å². The quantitative estimate of drug-likeness (QED) is 0.812. The molecule has 0 radical (unpaired) electrons. The number of hydrogen-bond donors (Lipinski definition) is 2. The Morgan fingerprint density at radius 2 is 2.12 bits per heavy atom. The van der Waals surface area contributed by atoms with Crippen LogP contribution in [0.15, 0.2) is 18.2 Å². The second-order valence-electron chi connectivity index (χ2n) is 4.20. The summed E-state index contributed by atoms with van der Waals surface area (Å²) in [6.07, 6.45) is 0.868. The average molecular weight is 220 g/mol. The van der Waals surface area contributed by atoms with E-state index in [4.69, 9.17) is 5.73 Å². The van der Waals surface area contributed by atoms with Crippen LogP contribution in [0.4, 0.5) is 0 Å². The number of amides is 1. The van der Waals surface area contributed by atoms with Crippen LogP contribution in [0.5, 0.6) is 0 Å². The van der Waals surface area contributed by atoms with E-state index in [0.717, 1.165) is 23.1 Å². The molecule has 0 bridgehead atoms. The van der Waals surface area contributed by atoms with Gasteiger partial charge < -0.3 is 11.1 Å². The molecule has 0 fully saturated rings. The van der Waals surface area contributed by atoms with Crippen LogP contribution in [0.2, 0.25) is 0 Å². The van der Waals surface area contributed by atoms with Crippen molar-refractivity contribution < 1.29 is 4.79 Å². The zero-order chi connectivity index (χ0) is 12.1. The van der Waals surface area contributed by atoms with Crippen molar-refractivity contribution in [2.45, 2.75) is 33.2 Å². The molecular weight excluding hydrogens is 200 g/mol. The number of carbonyl (C=O) groups is 1. The van der Waals surface area contributed by atoms with Crippen LogP contribution < -0.4 is 11.1 Å². The molecule has 0 heterocycles. The molecule has 0 aromatic heterocycles. The zero-order valence-electron chi connectivity index (χ0n) is 10.2. The van der Waals surface area contributed by atoms with E-state index in [1.807, 2.05) is 39.0 Å². The lowest BCUT2D eigenvalue weighted by atomic mass is 10.0. The molecule has 1 unspecified atom stereocenters. The van der Waals surface area contributed by atoms with Gasteiger partial charge in [0.2, 0.25) is 0 Å². The van der Waals surface area contributed by atoms with Gasteiger partial charge >= 0.3 is 0 Å². The summed E-state index contributed by atoms with van der Waals surface area (Å²) in [5.41, 5.74) is 8.58. The van der Waals surface area contributed by atoms with E-state index in [1.54, 1.807) is 0 Å². The Morgan fingerprint density at radius 3 is 2.75 bits per heavy atom. The molecule has 1 aromatic rings. The standard InChI is InChI=1S/C13H20N2O/c1-4-11(14)8-15-13(16)12-7-9(2)5-6-10(12)3/h5-7,11H,4,8,14H2,1-3H3,(H,15,16). The molecule has 16 heavy (non-hydrogen) atoms. The maximum absolute atomic E-state index is 11.9. The van der Waals surface area contributed by atoms with Crippen LogP contribution in [-0.4, -0.2) is 18.5 Å². The number of aryl methyl sites for hydroxylation is 2. The number of nitrogens with one attached hydrogen (secondary N) is 1. The van der Waals surface area contributed by atoms with Crippen LogP contribution in [0.1, 0.15) is 34.8 Å². The minimum absolute atomic E-state index is 0.0362. The molecule has 1 atom stereocenters. The van der Waals surface area contributed by atoms with Crippen molar-refractivity contribution in [1.29, 1.82) is 0 Å². The molecule has 0 aliphatic heterocycles. The molecule has 0 aliphatic carbocycles. The Hall–Kier alpha value is -1.35. The Kier molecular flexibility index (Phi) is 4.50. The largest absolute Gasteiger partial charge is 0.350 e. The third kappa shape index (κ3) is 3.35. The van der Waals surface area contributed by atoms with Crippen LogP contribution in [0, 0.1) is 13.8 Å². The number of rotatable bonds is 4. The fourth-order valence-electron chi connectivity index (χ4n) is 1.44. The Balaban J connectivity index is 2.69. The van der Waals surface area contributed by atoms with Crippen LogP contribution >= 0.6 is 0 Å². The fraction of sp³-hybridized carbons (Fsp3) is 0.462. The van der Waals surface area contributed by atoms with E-state index in [1.165, 1.54) is 0 Å². The molecule has 1 amide bonds. The van der Waals surface area contributed by atoms with Gasteiger partial charge in [-0.2, -0.15) is 0 Å². The van der Waals surface area contributed by atoms with E-state index < -0.39 is 0 Å². The monoisotopic (exact) mass is 220 g/mol. The molecule has 0 spiro atoms. The van der Waals surface area contributed by atoms with Crippen molar-refractivity contribution >= 4 is 5.91 Å². The third-order valence-electron chi connectivity index (χ3n) is 2.69. The SMILES string of the molecule is CCC(N)CNC(=O)c1cc(C)ccc1C. The zero-order valence-corrected chi connectivity index (χ0v) is 10.2. The van der Waals surface area contributed by atoms with Gasteiger partial charge in [-0.3, -0.25) is 4.79 Å². The van der Waals surface area contributed by atoms with E-state index in [9.17, 15) is 4.79 Å². The summed E-state index contributed by atoms with van der Waals surface area (Å²) in [5, 5.41) is 2.85. The number of hydrogen-bond acceptors (Lipinski definition) is 2. The van der Waals surface area contributed by atoms with Crippen LogP contribution in [0.3, 0.4) is 0 Å². The van der Waals surface area contributed by atoms with Gasteiger partial charge in [-0.25, -0.2) is 0 Å². The molecule has 3 heteroatoms. The van der Waals surface area contributed by atoms with Crippen molar-refractivity contribution in [3.63, 3.8) is 0 Å². The lowest BCUT2D eigenvalue weighted by Crippen LogP contribution is -2.36. The van der Waals surface area contributed by atoms with E-state index in [-0.39, 0.29) is 11.9 Å². The number of carbonyl (C=O) groups excluding carboxylic acids is 1. The van der Waals surface area contributed by atoms with Gasteiger partial charge in [-0.1, -0.05) is 24.6 Å². The van der Waals surface area contributed by atoms with Crippen molar-refractivity contribution in [2.75, 3.05) is 6.54 Å². The first-order valence-electron chi connectivity index (χ1n) is 5.65. The smallest absolute Gasteiger partial charge is 0.251 e. The maximum Gasteiger partial charge on any atom is 0.251 e. The summed E-state index contributed by atoms with van der Waals surface area (Å²) in [7, 11) is 0. The summed E-state index contributed by atoms with van der Waals surface area (Å²) in [5.74, 6) is -0.0369. The molecule has 0 saturated heterocycles. The van der Waals surface area contributed by atoms with Crippen LogP contribution in [-0.2, 0) is 0 Å². The lowest BCUT2D eigenvalue weighted by Gasteiger charge is -2.12. The van der Waals surface area contributed by atoms with E-state index in [0.29, 0.717) is 6.54 Å². The van der Waals surface area contributed by atoms with Gasteiger partial charge in [0.15, 0.2) is 0 Å². The number of nitrogens with two attached hydrogens (primary N) is 1. The molecule has 3 nitrogen and oxygen atoms in total. The normalized spacial score (nSPS) is 12.2. The van der Waals surface area contributed by atoms with Crippen molar-refractivity contribution in [2.24, 2.45) is 5.73 Å². The second-order valence-corrected chi connectivity index (χ2v) is 4.20. The highest BCUT2D eigenvalue weighted by molar-refractivity contribution is 5.95. The minimum atomic E-state index is -0.0369. The van der Waals surface area contributed by atoms with Crippen molar-refractivity contribution in [1.82, 2.24) is 5.32 Å². The fourth-order valence-corrected chi connectivity index (χ4v) is 1.44. The van der Waals surface area contributed by atoms with Crippen LogP contribution in [0.25, 0.3) is 0 Å². The minimum Gasteiger partial charge on any atom is -0.350 e. The van der Waals surface area contributed by atoms with Gasteiger partial charge in [0.05, 0.1) is 0 Å². The van der Waals surface area contributed by atoms with E-state index >= 15 is 0 Å².